The maximum Gasteiger partial charge on any atom is 0.355 e. The van der Waals surface area contributed by atoms with Crippen LogP contribution in [0.25, 0.3) is 0 Å². The summed E-state index contributed by atoms with van der Waals surface area (Å²) in [5.74, 6) is 12.1. The largest absolute Gasteiger partial charge is 0.435 e. The van der Waals surface area contributed by atoms with Crippen LogP contribution in [-0.2, 0) is 27.8 Å². The molecule has 0 saturated carbocycles. The first-order valence-corrected chi connectivity index (χ1v) is 18.6. The van der Waals surface area contributed by atoms with E-state index in [1.165, 1.54) is 0 Å². The monoisotopic (exact) mass is 538 g/mol. The Balaban J connectivity index is 2.11. The molecule has 0 aromatic heterocycles. The Labute approximate surface area is 219 Å². The zero-order valence-corrected chi connectivity index (χ0v) is 26.1. The fourth-order valence-electron chi connectivity index (χ4n) is 3.53. The third-order valence-corrected chi connectivity index (χ3v) is 16.8. The molecule has 2 fully saturated rings. The van der Waals surface area contributed by atoms with Crippen molar-refractivity contribution in [1.29, 1.82) is 0 Å². The van der Waals surface area contributed by atoms with Crippen molar-refractivity contribution < 1.29 is 27.8 Å². The van der Waals surface area contributed by atoms with Crippen LogP contribution in [0.2, 0.25) is 36.3 Å². The average Bonchev–Trinajstić information content (AvgIpc) is 3.18. The van der Waals surface area contributed by atoms with Gasteiger partial charge in [-0.1, -0.05) is 65.2 Å². The van der Waals surface area contributed by atoms with E-state index in [4.69, 9.17) is 40.0 Å². The van der Waals surface area contributed by atoms with Gasteiger partial charge in [-0.05, 0) is 50.1 Å². The van der Waals surface area contributed by atoms with Gasteiger partial charge in [-0.15, -0.1) is 0 Å². The maximum absolute atomic E-state index is 6.84. The van der Waals surface area contributed by atoms with E-state index >= 15 is 0 Å². The molecule has 2 saturated heterocycles. The fourth-order valence-corrected chi connectivity index (χ4v) is 6.10. The topological polar surface area (TPSA) is 55.4 Å². The quantitative estimate of drug-likeness (QED) is 0.271. The minimum atomic E-state index is -2.22. The first-order chi connectivity index (χ1) is 15.7. The molecule has 0 aromatic rings. The van der Waals surface area contributed by atoms with Gasteiger partial charge in [0.15, 0.2) is 22.4 Å². The third kappa shape index (κ3) is 6.33. The van der Waals surface area contributed by atoms with E-state index in [9.17, 15) is 0 Å². The van der Waals surface area contributed by atoms with E-state index in [1.807, 2.05) is 13.8 Å². The third-order valence-electron chi connectivity index (χ3n) is 7.67. The van der Waals surface area contributed by atoms with Gasteiger partial charge in [-0.25, -0.2) is 0 Å². The summed E-state index contributed by atoms with van der Waals surface area (Å²) in [5, 5.41) is 0.0329. The number of hydrogen-bond donors (Lipinski definition) is 0. The zero-order chi connectivity index (χ0) is 26.6. The van der Waals surface area contributed by atoms with Crippen LogP contribution in [-0.4, -0.2) is 64.3 Å². The van der Waals surface area contributed by atoms with Gasteiger partial charge in [-0.3, -0.25) is 0 Å². The zero-order valence-electron chi connectivity index (χ0n) is 23.3. The SMILES string of the molecule is CC1(C)O[C@@H]2[C@@H](O1)[C@H](O[Si](C)(C)C(C)(C)C)C#CC1OC(=S)OC1C#C[C@@H]2O[Si](C)(C)C(C)(C)C. The molecule has 0 spiro atoms. The summed E-state index contributed by atoms with van der Waals surface area (Å²) in [4.78, 5) is 0. The fraction of sp³-hybridized carbons (Fsp3) is 0.808. The molecule has 3 aliphatic rings. The molecule has 9 heteroatoms. The number of thiocarbonyl (C=S) groups is 1. The van der Waals surface area contributed by atoms with Gasteiger partial charge in [0.05, 0.1) is 0 Å². The normalized spacial score (nSPS) is 32.7. The van der Waals surface area contributed by atoms with Crippen molar-refractivity contribution in [2.24, 2.45) is 0 Å². The summed E-state index contributed by atoms with van der Waals surface area (Å²) < 4.78 is 37.9. The maximum atomic E-state index is 6.84. The van der Waals surface area contributed by atoms with Crippen molar-refractivity contribution >= 4 is 34.1 Å². The Morgan fingerprint density at radius 2 is 1.06 bits per heavy atom. The Morgan fingerprint density at radius 3 is 1.37 bits per heavy atom. The highest BCUT2D eigenvalue weighted by molar-refractivity contribution is 7.79. The molecule has 3 rings (SSSR count). The molecule has 196 valence electrons. The van der Waals surface area contributed by atoms with Gasteiger partial charge in [0.25, 0.3) is 0 Å². The molecule has 35 heavy (non-hydrogen) atoms. The predicted molar refractivity (Wildman–Crippen MR) is 146 cm³/mol. The highest BCUT2D eigenvalue weighted by Crippen LogP contribution is 2.42. The first-order valence-electron chi connectivity index (χ1n) is 12.3. The summed E-state index contributed by atoms with van der Waals surface area (Å²) in [7, 11) is -4.43. The molecule has 0 amide bonds. The minimum Gasteiger partial charge on any atom is -0.435 e. The lowest BCUT2D eigenvalue weighted by molar-refractivity contribution is -0.155. The van der Waals surface area contributed by atoms with Gasteiger partial charge in [0.1, 0.15) is 24.4 Å². The molecule has 0 radical (unpaired) electrons. The van der Waals surface area contributed by atoms with E-state index in [-0.39, 0.29) is 15.3 Å². The molecular weight excluding hydrogens is 497 g/mol. The Hall–Kier alpha value is -0.916. The molecule has 6 atom stereocenters. The lowest BCUT2D eigenvalue weighted by Gasteiger charge is -2.42. The van der Waals surface area contributed by atoms with Crippen LogP contribution < -0.4 is 0 Å². The molecule has 0 bridgehead atoms. The van der Waals surface area contributed by atoms with Crippen LogP contribution in [0.5, 0.6) is 0 Å². The average molecular weight is 539 g/mol. The second kappa shape index (κ2) is 9.43. The molecule has 0 N–H and O–H groups in total. The van der Waals surface area contributed by atoms with Gasteiger partial charge in [-0.2, -0.15) is 0 Å². The number of hydrogen-bond acceptors (Lipinski definition) is 7. The molecule has 6 nitrogen and oxygen atoms in total. The number of fused-ring (bicyclic) bond motifs is 2. The van der Waals surface area contributed by atoms with Crippen molar-refractivity contribution in [3.8, 4) is 23.7 Å². The van der Waals surface area contributed by atoms with E-state index in [2.05, 4.69) is 91.4 Å². The van der Waals surface area contributed by atoms with Crippen molar-refractivity contribution in [3.63, 3.8) is 0 Å². The lowest BCUT2D eigenvalue weighted by atomic mass is 10.0. The van der Waals surface area contributed by atoms with Crippen molar-refractivity contribution in [2.45, 2.75) is 134 Å². The van der Waals surface area contributed by atoms with Crippen LogP contribution in [0, 0.1) is 23.7 Å². The highest BCUT2D eigenvalue weighted by atomic mass is 32.1. The lowest BCUT2D eigenvalue weighted by Crippen LogP contribution is -2.53. The van der Waals surface area contributed by atoms with Gasteiger partial charge >= 0.3 is 5.24 Å². The Kier molecular flexibility index (Phi) is 7.72. The van der Waals surface area contributed by atoms with Crippen molar-refractivity contribution in [2.75, 3.05) is 0 Å². The van der Waals surface area contributed by atoms with Crippen LogP contribution in [0.4, 0.5) is 0 Å². The van der Waals surface area contributed by atoms with Gasteiger partial charge in [0, 0.05) is 12.2 Å². The van der Waals surface area contributed by atoms with E-state index in [0.717, 1.165) is 0 Å². The van der Waals surface area contributed by atoms with E-state index in [1.54, 1.807) is 0 Å². The minimum absolute atomic E-state index is 0.0115. The van der Waals surface area contributed by atoms with Crippen molar-refractivity contribution in [3.05, 3.63) is 0 Å². The molecule has 2 unspecified atom stereocenters. The van der Waals surface area contributed by atoms with E-state index < -0.39 is 59.0 Å². The van der Waals surface area contributed by atoms with Crippen LogP contribution in [0.1, 0.15) is 55.4 Å². The van der Waals surface area contributed by atoms with Gasteiger partial charge in [0.2, 0.25) is 12.2 Å². The molecule has 0 aromatic carbocycles. The van der Waals surface area contributed by atoms with Gasteiger partial charge < -0.3 is 27.8 Å². The summed E-state index contributed by atoms with van der Waals surface area (Å²) >= 11 is 5.15. The van der Waals surface area contributed by atoms with E-state index in [0.29, 0.717) is 0 Å². The molecule has 2 heterocycles. The van der Waals surface area contributed by atoms with Crippen molar-refractivity contribution in [1.82, 2.24) is 0 Å². The van der Waals surface area contributed by atoms with Crippen LogP contribution in [0.15, 0.2) is 0 Å². The number of ether oxygens (including phenoxy) is 4. The number of rotatable bonds is 4. The van der Waals surface area contributed by atoms with Crippen LogP contribution in [0.3, 0.4) is 0 Å². The highest BCUT2D eigenvalue weighted by Gasteiger charge is 2.53. The summed E-state index contributed by atoms with van der Waals surface area (Å²) in [6.45, 7) is 25.9. The summed E-state index contributed by atoms with van der Waals surface area (Å²) in [6.07, 6.45) is -3.26. The smallest absolute Gasteiger partial charge is 0.355 e. The summed E-state index contributed by atoms with van der Waals surface area (Å²) in [5.41, 5.74) is 0. The molecule has 1 aliphatic carbocycles. The molecular formula is C26H42O6SSi2. The predicted octanol–water partition coefficient (Wildman–Crippen LogP) is 5.38. The second-order valence-corrected chi connectivity index (χ2v) is 22.9. The first kappa shape index (κ1) is 28.7. The van der Waals surface area contributed by atoms with Crippen LogP contribution >= 0.6 is 12.2 Å². The standard InChI is InChI=1S/C26H42O6SSi2/c1-24(2,3)34(9,10)31-19-15-13-17-18(28-23(33)27-17)14-16-20(32-35(11,12)25(4,5)6)22-21(19)29-26(7,8)30-22/h17-22H,1-12H3/t17?,18?,19-,20+,21-,22-/m0/s1. The second-order valence-electron chi connectivity index (χ2n) is 13.1. The summed E-state index contributed by atoms with van der Waals surface area (Å²) in [6, 6.07) is 0. The Morgan fingerprint density at radius 1 is 0.714 bits per heavy atom. The molecule has 2 aliphatic heterocycles. The Bertz CT molecular complexity index is 883.